The van der Waals surface area contributed by atoms with E-state index in [0.717, 1.165) is 29.2 Å². The molecule has 4 rings (SSSR count). The lowest BCUT2D eigenvalue weighted by Crippen LogP contribution is -2.23. The van der Waals surface area contributed by atoms with Gasteiger partial charge in [0, 0.05) is 41.4 Å². The lowest BCUT2D eigenvalue weighted by molar-refractivity contribution is 0.102. The maximum Gasteiger partial charge on any atom is 0.255 e. The summed E-state index contributed by atoms with van der Waals surface area (Å²) >= 11 is 1.49. The van der Waals surface area contributed by atoms with Gasteiger partial charge in [-0.15, -0.1) is 11.3 Å². The molecular weight excluding hydrogens is 430 g/mol. The Morgan fingerprint density at radius 2 is 1.81 bits per heavy atom. The molecule has 6 nitrogen and oxygen atoms in total. The third-order valence-corrected chi connectivity index (χ3v) is 7.64. The van der Waals surface area contributed by atoms with Crippen LogP contribution in [0.1, 0.15) is 33.6 Å². The van der Waals surface area contributed by atoms with Crippen molar-refractivity contribution in [3.63, 3.8) is 0 Å². The number of hydrogen-bond acceptors (Lipinski definition) is 5. The second kappa shape index (κ2) is 9.21. The minimum Gasteiger partial charge on any atom is -0.371 e. The van der Waals surface area contributed by atoms with Crippen LogP contribution in [0.5, 0.6) is 0 Å². The minimum atomic E-state index is -3.64. The average molecular weight is 456 g/mol. The highest BCUT2D eigenvalue weighted by Gasteiger charge is 2.17. The van der Waals surface area contributed by atoms with Gasteiger partial charge in [-0.1, -0.05) is 6.07 Å². The SMILES string of the molecule is Cc1cc(NC(=O)c2ccc(S(=O)(=O)NCc3cccs3)cc2)ccc1N1CCCC1. The van der Waals surface area contributed by atoms with Gasteiger partial charge in [0.15, 0.2) is 0 Å². The number of rotatable bonds is 7. The summed E-state index contributed by atoms with van der Waals surface area (Å²) in [7, 11) is -3.64. The Morgan fingerprint density at radius 1 is 1.06 bits per heavy atom. The molecule has 0 radical (unpaired) electrons. The van der Waals surface area contributed by atoms with Crippen molar-refractivity contribution in [2.24, 2.45) is 0 Å². The van der Waals surface area contributed by atoms with Crippen molar-refractivity contribution < 1.29 is 13.2 Å². The van der Waals surface area contributed by atoms with Gasteiger partial charge in [-0.25, -0.2) is 13.1 Å². The van der Waals surface area contributed by atoms with Crippen molar-refractivity contribution in [3.8, 4) is 0 Å². The predicted octanol–water partition coefficient (Wildman–Crippen LogP) is 4.39. The Labute approximate surface area is 187 Å². The maximum atomic E-state index is 12.6. The third-order valence-electron chi connectivity index (χ3n) is 5.34. The lowest BCUT2D eigenvalue weighted by atomic mass is 10.1. The maximum absolute atomic E-state index is 12.6. The Bertz CT molecular complexity index is 1150. The first-order chi connectivity index (χ1) is 14.9. The molecule has 162 valence electrons. The van der Waals surface area contributed by atoms with Crippen LogP contribution in [0.3, 0.4) is 0 Å². The smallest absolute Gasteiger partial charge is 0.255 e. The van der Waals surface area contributed by atoms with Gasteiger partial charge in [0.05, 0.1) is 4.90 Å². The second-order valence-corrected chi connectivity index (χ2v) is 10.4. The quantitative estimate of drug-likeness (QED) is 0.554. The topological polar surface area (TPSA) is 78.5 Å². The summed E-state index contributed by atoms with van der Waals surface area (Å²) in [5, 5.41) is 4.80. The monoisotopic (exact) mass is 455 g/mol. The fraction of sp³-hybridized carbons (Fsp3) is 0.261. The van der Waals surface area contributed by atoms with Crippen LogP contribution in [0.4, 0.5) is 11.4 Å². The lowest BCUT2D eigenvalue weighted by Gasteiger charge is -2.20. The molecule has 2 N–H and O–H groups in total. The number of nitrogens with one attached hydrogen (secondary N) is 2. The molecule has 0 saturated carbocycles. The van der Waals surface area contributed by atoms with Crippen LogP contribution in [0.15, 0.2) is 64.9 Å². The molecule has 1 aliphatic rings. The summed E-state index contributed by atoms with van der Waals surface area (Å²) in [4.78, 5) is 16.1. The first kappa shape index (κ1) is 21.5. The van der Waals surface area contributed by atoms with Crippen molar-refractivity contribution in [1.82, 2.24) is 4.72 Å². The van der Waals surface area contributed by atoms with E-state index < -0.39 is 10.0 Å². The molecule has 31 heavy (non-hydrogen) atoms. The summed E-state index contributed by atoms with van der Waals surface area (Å²) in [6.45, 7) is 4.44. The van der Waals surface area contributed by atoms with E-state index in [1.54, 1.807) is 0 Å². The highest BCUT2D eigenvalue weighted by Crippen LogP contribution is 2.27. The zero-order valence-corrected chi connectivity index (χ0v) is 18.9. The van der Waals surface area contributed by atoms with Gasteiger partial charge in [0.2, 0.25) is 10.0 Å². The van der Waals surface area contributed by atoms with Crippen molar-refractivity contribution in [2.75, 3.05) is 23.3 Å². The molecule has 0 atom stereocenters. The van der Waals surface area contributed by atoms with Gasteiger partial charge in [-0.05, 0) is 79.2 Å². The van der Waals surface area contributed by atoms with Gasteiger partial charge in [-0.3, -0.25) is 4.79 Å². The number of amides is 1. The molecule has 0 spiro atoms. The molecule has 2 aromatic carbocycles. The Morgan fingerprint density at radius 3 is 2.45 bits per heavy atom. The molecule has 2 heterocycles. The van der Waals surface area contributed by atoms with Crippen LogP contribution < -0.4 is 14.9 Å². The molecule has 0 aliphatic carbocycles. The minimum absolute atomic E-state index is 0.131. The van der Waals surface area contributed by atoms with E-state index in [4.69, 9.17) is 0 Å². The van der Waals surface area contributed by atoms with Gasteiger partial charge in [0.25, 0.3) is 5.91 Å². The van der Waals surface area contributed by atoms with E-state index >= 15 is 0 Å². The highest BCUT2D eigenvalue weighted by atomic mass is 32.2. The standard InChI is InChI=1S/C23H25N3O3S2/c1-17-15-19(8-11-22(17)26-12-2-3-13-26)25-23(27)18-6-9-21(10-7-18)31(28,29)24-16-20-5-4-14-30-20/h4-11,14-15,24H,2-3,12-13,16H2,1H3,(H,25,27). The molecule has 0 unspecified atom stereocenters. The summed E-state index contributed by atoms with van der Waals surface area (Å²) in [5.41, 5.74) is 3.45. The van der Waals surface area contributed by atoms with Crippen LogP contribution in [-0.2, 0) is 16.6 Å². The van der Waals surface area contributed by atoms with Crippen molar-refractivity contribution in [2.45, 2.75) is 31.2 Å². The summed E-state index contributed by atoms with van der Waals surface area (Å²) in [5.74, 6) is -0.274. The number of sulfonamides is 1. The number of carbonyl (C=O) groups is 1. The fourth-order valence-corrected chi connectivity index (χ4v) is 5.44. The van der Waals surface area contributed by atoms with E-state index in [0.29, 0.717) is 5.56 Å². The van der Waals surface area contributed by atoms with E-state index in [9.17, 15) is 13.2 Å². The number of thiophene rings is 1. The van der Waals surface area contributed by atoms with Crippen LogP contribution in [0.2, 0.25) is 0 Å². The predicted molar refractivity (Wildman–Crippen MR) is 125 cm³/mol. The number of hydrogen-bond donors (Lipinski definition) is 2. The Hall–Kier alpha value is -2.68. The molecule has 8 heteroatoms. The molecule has 3 aromatic rings. The number of aryl methyl sites for hydroxylation is 1. The largest absolute Gasteiger partial charge is 0.371 e. The van der Waals surface area contributed by atoms with Gasteiger partial charge >= 0.3 is 0 Å². The summed E-state index contributed by atoms with van der Waals surface area (Å²) in [6.07, 6.45) is 2.43. The second-order valence-electron chi connectivity index (χ2n) is 7.58. The first-order valence-electron chi connectivity index (χ1n) is 10.2. The van der Waals surface area contributed by atoms with Crippen LogP contribution >= 0.6 is 11.3 Å². The highest BCUT2D eigenvalue weighted by molar-refractivity contribution is 7.89. The van der Waals surface area contributed by atoms with E-state index in [1.807, 2.05) is 42.6 Å². The Balaban J connectivity index is 1.40. The van der Waals surface area contributed by atoms with Gasteiger partial charge in [0.1, 0.15) is 0 Å². The van der Waals surface area contributed by atoms with E-state index in [2.05, 4.69) is 14.9 Å². The molecule has 1 aromatic heterocycles. The zero-order chi connectivity index (χ0) is 21.8. The van der Waals surface area contributed by atoms with Crippen LogP contribution in [0, 0.1) is 6.92 Å². The Kier molecular flexibility index (Phi) is 6.41. The van der Waals surface area contributed by atoms with Crippen LogP contribution in [0.25, 0.3) is 0 Å². The van der Waals surface area contributed by atoms with Gasteiger partial charge in [-0.2, -0.15) is 0 Å². The normalized spacial score (nSPS) is 14.0. The molecular formula is C23H25N3O3S2. The first-order valence-corrected chi connectivity index (χ1v) is 12.6. The van der Waals surface area contributed by atoms with Crippen molar-refractivity contribution in [3.05, 3.63) is 76.0 Å². The fourth-order valence-electron chi connectivity index (χ4n) is 3.70. The molecule has 1 amide bonds. The molecule has 1 fully saturated rings. The van der Waals surface area contributed by atoms with Crippen LogP contribution in [-0.4, -0.2) is 27.4 Å². The van der Waals surface area contributed by atoms with Gasteiger partial charge < -0.3 is 10.2 Å². The third kappa shape index (κ3) is 5.15. The number of carbonyl (C=O) groups excluding carboxylic acids is 1. The average Bonchev–Trinajstić information content (AvgIpc) is 3.47. The number of nitrogens with zero attached hydrogens (tertiary/aromatic N) is 1. The molecule has 0 bridgehead atoms. The van der Waals surface area contributed by atoms with E-state index in [-0.39, 0.29) is 17.3 Å². The molecule has 1 saturated heterocycles. The van der Waals surface area contributed by atoms with E-state index in [1.165, 1.54) is 54.1 Å². The van der Waals surface area contributed by atoms with Crippen molar-refractivity contribution in [1.29, 1.82) is 0 Å². The van der Waals surface area contributed by atoms with Crippen molar-refractivity contribution >= 4 is 38.6 Å². The molecule has 1 aliphatic heterocycles. The number of benzene rings is 2. The summed E-state index contributed by atoms with van der Waals surface area (Å²) in [6, 6.07) is 15.6. The zero-order valence-electron chi connectivity index (χ0n) is 17.3. The number of anilines is 2. The summed E-state index contributed by atoms with van der Waals surface area (Å²) < 4.78 is 27.5.